The van der Waals surface area contributed by atoms with E-state index in [1.54, 1.807) is 12.4 Å². The number of aromatic nitrogens is 4. The van der Waals surface area contributed by atoms with Gasteiger partial charge in [0, 0.05) is 24.5 Å². The Bertz CT molecular complexity index is 1180. The Hall–Kier alpha value is -3.45. The van der Waals surface area contributed by atoms with Crippen LogP contribution in [0.3, 0.4) is 0 Å². The zero-order chi connectivity index (χ0) is 21.6. The van der Waals surface area contributed by atoms with Gasteiger partial charge >= 0.3 is 0 Å². The van der Waals surface area contributed by atoms with Gasteiger partial charge in [0.2, 0.25) is 5.91 Å². The van der Waals surface area contributed by atoms with Crippen molar-refractivity contribution in [2.45, 2.75) is 25.5 Å². The van der Waals surface area contributed by atoms with Crippen molar-refractivity contribution in [1.82, 2.24) is 25.1 Å². The molecule has 0 saturated carbocycles. The van der Waals surface area contributed by atoms with Gasteiger partial charge in [0.05, 0.1) is 11.4 Å². The second-order valence-electron chi connectivity index (χ2n) is 7.22. The number of hydrogen-bond acceptors (Lipinski definition) is 5. The van der Waals surface area contributed by atoms with Gasteiger partial charge in [-0.2, -0.15) is 0 Å². The maximum absolute atomic E-state index is 12.4. The van der Waals surface area contributed by atoms with Gasteiger partial charge in [0.1, 0.15) is 0 Å². The predicted octanol–water partition coefficient (Wildman–Crippen LogP) is 4.35. The highest BCUT2D eigenvalue weighted by atomic mass is 32.2. The molecule has 2 heterocycles. The molecule has 0 spiro atoms. The monoisotopic (exact) mass is 429 g/mol. The van der Waals surface area contributed by atoms with Gasteiger partial charge in [0.25, 0.3) is 0 Å². The number of benzene rings is 2. The minimum Gasteiger partial charge on any atom is -0.351 e. The normalized spacial score (nSPS) is 10.8. The van der Waals surface area contributed by atoms with Crippen LogP contribution in [0.2, 0.25) is 0 Å². The number of carbonyl (C=O) groups excluding carboxylic acids is 1. The molecule has 0 radical (unpaired) electrons. The molecule has 0 aliphatic carbocycles. The minimum atomic E-state index is -0.0488. The third-order valence-corrected chi connectivity index (χ3v) is 5.75. The molecule has 2 aromatic heterocycles. The Kier molecular flexibility index (Phi) is 6.43. The molecule has 7 heteroatoms. The zero-order valence-corrected chi connectivity index (χ0v) is 18.3. The van der Waals surface area contributed by atoms with Gasteiger partial charge < -0.3 is 5.32 Å². The third kappa shape index (κ3) is 5.00. The van der Waals surface area contributed by atoms with Crippen molar-refractivity contribution in [3.63, 3.8) is 0 Å². The number of thioether (sulfide) groups is 1. The summed E-state index contributed by atoms with van der Waals surface area (Å²) in [4.78, 5) is 16.7. The summed E-state index contributed by atoms with van der Waals surface area (Å²) in [5.74, 6) is 0.907. The lowest BCUT2D eigenvalue weighted by molar-refractivity contribution is -0.118. The van der Waals surface area contributed by atoms with Gasteiger partial charge in [0.15, 0.2) is 11.0 Å². The number of nitrogens with zero attached hydrogens (tertiary/aromatic N) is 4. The maximum atomic E-state index is 12.4. The molecule has 1 amide bonds. The summed E-state index contributed by atoms with van der Waals surface area (Å²) >= 11 is 1.37. The first-order chi connectivity index (χ1) is 15.1. The number of amides is 1. The van der Waals surface area contributed by atoms with E-state index in [2.05, 4.69) is 52.5 Å². The highest BCUT2D eigenvalue weighted by molar-refractivity contribution is 7.99. The summed E-state index contributed by atoms with van der Waals surface area (Å²) in [5, 5.41) is 12.5. The van der Waals surface area contributed by atoms with Crippen molar-refractivity contribution >= 4 is 17.7 Å². The number of rotatable bonds is 7. The topological polar surface area (TPSA) is 72.7 Å². The van der Waals surface area contributed by atoms with Gasteiger partial charge in [-0.1, -0.05) is 54.2 Å². The highest BCUT2D eigenvalue weighted by Gasteiger charge is 2.19. The molecule has 4 aromatic rings. The van der Waals surface area contributed by atoms with E-state index in [-0.39, 0.29) is 11.7 Å². The second-order valence-corrected chi connectivity index (χ2v) is 8.17. The van der Waals surface area contributed by atoms with Crippen LogP contribution in [0.4, 0.5) is 0 Å². The fraction of sp³-hybridized carbons (Fsp3) is 0.167. The van der Waals surface area contributed by atoms with Crippen LogP contribution >= 0.6 is 11.8 Å². The summed E-state index contributed by atoms with van der Waals surface area (Å²) in [6.07, 6.45) is 3.50. The highest BCUT2D eigenvalue weighted by Crippen LogP contribution is 2.29. The van der Waals surface area contributed by atoms with Crippen molar-refractivity contribution in [3.8, 4) is 17.1 Å². The van der Waals surface area contributed by atoms with Crippen LogP contribution in [0.5, 0.6) is 0 Å². The van der Waals surface area contributed by atoms with Crippen molar-refractivity contribution in [1.29, 1.82) is 0 Å². The van der Waals surface area contributed by atoms with Crippen LogP contribution in [0.25, 0.3) is 17.1 Å². The largest absolute Gasteiger partial charge is 0.351 e. The van der Waals surface area contributed by atoms with Gasteiger partial charge in [-0.05, 0) is 48.7 Å². The van der Waals surface area contributed by atoms with E-state index in [1.165, 1.54) is 11.8 Å². The van der Waals surface area contributed by atoms with Crippen LogP contribution in [0.1, 0.15) is 16.7 Å². The first-order valence-electron chi connectivity index (χ1n) is 9.98. The molecule has 4 rings (SSSR count). The number of hydrogen-bond donors (Lipinski definition) is 1. The van der Waals surface area contributed by atoms with Crippen LogP contribution in [-0.2, 0) is 11.3 Å². The van der Waals surface area contributed by atoms with E-state index in [0.29, 0.717) is 17.5 Å². The molecule has 156 valence electrons. The standard InChI is InChI=1S/C24H23N5OS/c1-17-10-11-18(2)21(13-17)29-23(20-9-6-12-25-15-20)27-28-24(29)31-16-22(30)26-14-19-7-4-3-5-8-19/h3-13,15H,14,16H2,1-2H3,(H,26,30). The van der Waals surface area contributed by atoms with E-state index >= 15 is 0 Å². The Labute approximate surface area is 185 Å². The number of carbonyl (C=O) groups is 1. The van der Waals surface area contributed by atoms with Crippen LogP contribution in [0.15, 0.2) is 78.2 Å². The summed E-state index contributed by atoms with van der Waals surface area (Å²) in [7, 11) is 0. The third-order valence-electron chi connectivity index (χ3n) is 4.82. The van der Waals surface area contributed by atoms with E-state index in [1.807, 2.05) is 47.0 Å². The lowest BCUT2D eigenvalue weighted by Crippen LogP contribution is -2.24. The Morgan fingerprint density at radius 1 is 1.03 bits per heavy atom. The van der Waals surface area contributed by atoms with Crippen LogP contribution < -0.4 is 5.32 Å². The van der Waals surface area contributed by atoms with Gasteiger partial charge in [-0.15, -0.1) is 10.2 Å². The SMILES string of the molecule is Cc1ccc(C)c(-n2c(SCC(=O)NCc3ccccc3)nnc2-c2cccnc2)c1. The summed E-state index contributed by atoms with van der Waals surface area (Å²) in [6.45, 7) is 4.62. The molecular formula is C24H23N5OS. The summed E-state index contributed by atoms with van der Waals surface area (Å²) in [6, 6.07) is 20.0. The molecule has 0 bridgehead atoms. The first kappa shape index (κ1) is 20.8. The summed E-state index contributed by atoms with van der Waals surface area (Å²) in [5.41, 5.74) is 5.18. The van der Waals surface area contributed by atoms with E-state index in [4.69, 9.17) is 0 Å². The maximum Gasteiger partial charge on any atom is 0.230 e. The molecular weight excluding hydrogens is 406 g/mol. The van der Waals surface area contributed by atoms with Crippen molar-refractivity contribution in [3.05, 3.63) is 89.7 Å². The molecule has 0 saturated heterocycles. The van der Waals surface area contributed by atoms with E-state index in [9.17, 15) is 4.79 Å². The van der Waals surface area contributed by atoms with E-state index < -0.39 is 0 Å². The molecule has 0 fully saturated rings. The molecule has 0 atom stereocenters. The van der Waals surface area contributed by atoms with E-state index in [0.717, 1.165) is 27.9 Å². The van der Waals surface area contributed by atoms with Crippen LogP contribution in [-0.4, -0.2) is 31.4 Å². The smallest absolute Gasteiger partial charge is 0.230 e. The minimum absolute atomic E-state index is 0.0488. The lowest BCUT2D eigenvalue weighted by Gasteiger charge is -2.13. The Morgan fingerprint density at radius 2 is 1.87 bits per heavy atom. The average molecular weight is 430 g/mol. The molecule has 31 heavy (non-hydrogen) atoms. The number of nitrogens with one attached hydrogen (secondary N) is 1. The fourth-order valence-electron chi connectivity index (χ4n) is 3.20. The van der Waals surface area contributed by atoms with Gasteiger partial charge in [-0.3, -0.25) is 14.3 Å². The number of pyridine rings is 1. The first-order valence-corrected chi connectivity index (χ1v) is 11.0. The Morgan fingerprint density at radius 3 is 2.65 bits per heavy atom. The molecule has 0 aliphatic rings. The molecule has 0 unspecified atom stereocenters. The fourth-order valence-corrected chi connectivity index (χ4v) is 3.98. The quantitative estimate of drug-likeness (QED) is 0.442. The molecule has 2 aromatic carbocycles. The van der Waals surface area contributed by atoms with Crippen molar-refractivity contribution < 1.29 is 4.79 Å². The van der Waals surface area contributed by atoms with Crippen LogP contribution in [0, 0.1) is 13.8 Å². The lowest BCUT2D eigenvalue weighted by atomic mass is 10.1. The predicted molar refractivity (Wildman–Crippen MR) is 123 cm³/mol. The average Bonchev–Trinajstić information content (AvgIpc) is 3.23. The molecule has 6 nitrogen and oxygen atoms in total. The second kappa shape index (κ2) is 9.57. The van der Waals surface area contributed by atoms with Gasteiger partial charge in [-0.25, -0.2) is 0 Å². The number of aryl methyl sites for hydroxylation is 2. The molecule has 1 N–H and O–H groups in total. The van der Waals surface area contributed by atoms with Crippen molar-refractivity contribution in [2.24, 2.45) is 0 Å². The summed E-state index contributed by atoms with van der Waals surface area (Å²) < 4.78 is 2.01. The zero-order valence-electron chi connectivity index (χ0n) is 17.4. The Balaban J connectivity index is 1.58. The molecule has 0 aliphatic heterocycles. The van der Waals surface area contributed by atoms with Crippen molar-refractivity contribution in [2.75, 3.05) is 5.75 Å².